The van der Waals surface area contributed by atoms with E-state index < -0.39 is 5.97 Å². The summed E-state index contributed by atoms with van der Waals surface area (Å²) in [6.45, 7) is 4.43. The van der Waals surface area contributed by atoms with Gasteiger partial charge in [-0.3, -0.25) is 4.40 Å². The zero-order valence-electron chi connectivity index (χ0n) is 12.3. The van der Waals surface area contributed by atoms with Crippen LogP contribution in [0.3, 0.4) is 0 Å². The molecule has 3 rings (SSSR count). The molecule has 0 spiro atoms. The van der Waals surface area contributed by atoms with E-state index >= 15 is 0 Å². The largest absolute Gasteiger partial charge is 0.476 e. The van der Waals surface area contributed by atoms with E-state index in [1.807, 2.05) is 6.07 Å². The highest BCUT2D eigenvalue weighted by molar-refractivity contribution is 5.89. The lowest BCUT2D eigenvalue weighted by atomic mass is 9.82. The van der Waals surface area contributed by atoms with Gasteiger partial charge in [-0.15, -0.1) is 0 Å². The number of imidazole rings is 1. The van der Waals surface area contributed by atoms with Gasteiger partial charge in [-0.05, 0) is 43.2 Å². The molecule has 1 aliphatic rings. The molecular weight excluding hydrogens is 268 g/mol. The Hall–Kier alpha value is -2.04. The van der Waals surface area contributed by atoms with Crippen molar-refractivity contribution in [2.24, 2.45) is 11.8 Å². The van der Waals surface area contributed by atoms with Gasteiger partial charge < -0.3 is 9.84 Å². The molecule has 1 fully saturated rings. The molecule has 0 amide bonds. The van der Waals surface area contributed by atoms with Crippen LogP contribution in [0.5, 0.6) is 5.88 Å². The molecule has 5 nitrogen and oxygen atoms in total. The molecule has 112 valence electrons. The third kappa shape index (κ3) is 2.73. The number of hydrogen-bond acceptors (Lipinski definition) is 3. The first-order chi connectivity index (χ1) is 10.0. The van der Waals surface area contributed by atoms with Crippen molar-refractivity contribution in [2.75, 3.05) is 0 Å². The van der Waals surface area contributed by atoms with Crippen LogP contribution in [-0.4, -0.2) is 26.6 Å². The molecule has 0 aliphatic heterocycles. The first-order valence-electron chi connectivity index (χ1n) is 7.41. The number of fused-ring (bicyclic) bond motifs is 1. The molecule has 1 aliphatic carbocycles. The number of hydrogen-bond donors (Lipinski definition) is 1. The Morgan fingerprint density at radius 1 is 1.29 bits per heavy atom. The van der Waals surface area contributed by atoms with E-state index in [1.54, 1.807) is 22.7 Å². The Labute approximate surface area is 123 Å². The van der Waals surface area contributed by atoms with Gasteiger partial charge in [0.25, 0.3) is 0 Å². The summed E-state index contributed by atoms with van der Waals surface area (Å²) in [5.41, 5.74) is 0.707. The summed E-state index contributed by atoms with van der Waals surface area (Å²) in [5, 5.41) is 9.45. The molecule has 21 heavy (non-hydrogen) atoms. The summed E-state index contributed by atoms with van der Waals surface area (Å²) in [6.07, 6.45) is 4.86. The van der Waals surface area contributed by atoms with E-state index in [4.69, 9.17) is 4.74 Å². The van der Waals surface area contributed by atoms with Gasteiger partial charge in [0.1, 0.15) is 11.8 Å². The zero-order valence-corrected chi connectivity index (χ0v) is 12.3. The van der Waals surface area contributed by atoms with E-state index in [-0.39, 0.29) is 17.7 Å². The maximum Gasteiger partial charge on any atom is 0.358 e. The maximum atomic E-state index is 11.5. The molecule has 0 saturated heterocycles. The number of carbonyl (C=O) groups is 1. The number of ether oxygens (including phenoxy) is 1. The second-order valence-corrected chi connectivity index (χ2v) is 6.16. The second kappa shape index (κ2) is 5.39. The number of nitrogens with zero attached hydrogens (tertiary/aromatic N) is 2. The Morgan fingerprint density at radius 2 is 2.00 bits per heavy atom. The highest BCUT2D eigenvalue weighted by Crippen LogP contribution is 2.32. The SMILES string of the molecule is CC1CC(C)CC(Oc2nc3ccccn3c2C(=O)O)C1. The quantitative estimate of drug-likeness (QED) is 0.941. The lowest BCUT2D eigenvalue weighted by Gasteiger charge is -2.31. The van der Waals surface area contributed by atoms with Crippen molar-refractivity contribution in [3.05, 3.63) is 30.1 Å². The normalized spacial score (nSPS) is 25.9. The van der Waals surface area contributed by atoms with Gasteiger partial charge in [0, 0.05) is 6.20 Å². The number of rotatable bonds is 3. The van der Waals surface area contributed by atoms with Gasteiger partial charge in [-0.25, -0.2) is 4.79 Å². The standard InChI is InChI=1S/C16H20N2O3/c1-10-7-11(2)9-12(8-10)21-15-14(16(19)20)18-6-4-3-5-13(18)17-15/h3-6,10-12H,7-9H2,1-2H3,(H,19,20). The molecule has 2 atom stereocenters. The Morgan fingerprint density at radius 3 is 2.67 bits per heavy atom. The van der Waals surface area contributed by atoms with E-state index in [1.165, 1.54) is 6.42 Å². The number of carboxylic acids is 1. The van der Waals surface area contributed by atoms with E-state index in [2.05, 4.69) is 18.8 Å². The molecule has 2 heterocycles. The van der Waals surface area contributed by atoms with Crippen molar-refractivity contribution in [1.29, 1.82) is 0 Å². The summed E-state index contributed by atoms with van der Waals surface area (Å²) in [6, 6.07) is 5.41. The van der Waals surface area contributed by atoms with Crippen molar-refractivity contribution < 1.29 is 14.6 Å². The summed E-state index contributed by atoms with van der Waals surface area (Å²) in [4.78, 5) is 15.9. The van der Waals surface area contributed by atoms with Crippen LogP contribution in [0, 0.1) is 11.8 Å². The molecule has 0 aromatic carbocycles. The Kier molecular flexibility index (Phi) is 3.57. The first-order valence-corrected chi connectivity index (χ1v) is 7.41. The Balaban J connectivity index is 1.93. The fraction of sp³-hybridized carbons (Fsp3) is 0.500. The molecule has 5 heteroatoms. The topological polar surface area (TPSA) is 63.8 Å². The highest BCUT2D eigenvalue weighted by atomic mass is 16.5. The predicted octanol–water partition coefficient (Wildman–Crippen LogP) is 3.24. The fourth-order valence-electron chi connectivity index (χ4n) is 3.38. The van der Waals surface area contributed by atoms with Gasteiger partial charge >= 0.3 is 5.97 Å². The number of aromatic carboxylic acids is 1. The van der Waals surface area contributed by atoms with Crippen LogP contribution in [-0.2, 0) is 0 Å². The summed E-state index contributed by atoms with van der Waals surface area (Å²) in [7, 11) is 0. The van der Waals surface area contributed by atoms with Crippen molar-refractivity contribution in [3.63, 3.8) is 0 Å². The van der Waals surface area contributed by atoms with Gasteiger partial charge in [0.05, 0.1) is 0 Å². The van der Waals surface area contributed by atoms with Crippen LogP contribution in [0.1, 0.15) is 43.6 Å². The molecule has 2 aromatic rings. The molecule has 2 unspecified atom stereocenters. The average Bonchev–Trinajstić information content (AvgIpc) is 2.75. The van der Waals surface area contributed by atoms with Crippen molar-refractivity contribution in [1.82, 2.24) is 9.38 Å². The number of pyridine rings is 1. The minimum atomic E-state index is -1.01. The minimum Gasteiger partial charge on any atom is -0.476 e. The zero-order chi connectivity index (χ0) is 15.0. The van der Waals surface area contributed by atoms with Crippen molar-refractivity contribution in [2.45, 2.75) is 39.2 Å². The summed E-state index contributed by atoms with van der Waals surface area (Å²) in [5.74, 6) is 0.425. The van der Waals surface area contributed by atoms with Crippen LogP contribution >= 0.6 is 0 Å². The summed E-state index contributed by atoms with van der Waals surface area (Å²) < 4.78 is 7.52. The Bertz CT molecular complexity index is 655. The first kappa shape index (κ1) is 13.9. The smallest absolute Gasteiger partial charge is 0.358 e. The number of carboxylic acid groups (broad SMARTS) is 1. The predicted molar refractivity (Wildman–Crippen MR) is 78.7 cm³/mol. The minimum absolute atomic E-state index is 0.0479. The van der Waals surface area contributed by atoms with Gasteiger partial charge in [-0.1, -0.05) is 19.9 Å². The van der Waals surface area contributed by atoms with Crippen LogP contribution in [0.25, 0.3) is 5.65 Å². The fourth-order valence-corrected chi connectivity index (χ4v) is 3.38. The molecule has 0 bridgehead atoms. The molecular formula is C16H20N2O3. The monoisotopic (exact) mass is 288 g/mol. The van der Waals surface area contributed by atoms with Crippen LogP contribution in [0.4, 0.5) is 0 Å². The lowest BCUT2D eigenvalue weighted by Crippen LogP contribution is -2.29. The van der Waals surface area contributed by atoms with Gasteiger partial charge in [0.2, 0.25) is 5.88 Å². The van der Waals surface area contributed by atoms with Crippen molar-refractivity contribution in [3.8, 4) is 5.88 Å². The lowest BCUT2D eigenvalue weighted by molar-refractivity contribution is 0.0664. The average molecular weight is 288 g/mol. The van der Waals surface area contributed by atoms with E-state index in [9.17, 15) is 9.90 Å². The summed E-state index contributed by atoms with van der Waals surface area (Å²) >= 11 is 0. The highest BCUT2D eigenvalue weighted by Gasteiger charge is 2.28. The van der Waals surface area contributed by atoms with E-state index in [0.29, 0.717) is 17.5 Å². The maximum absolute atomic E-state index is 11.5. The van der Waals surface area contributed by atoms with Crippen molar-refractivity contribution >= 4 is 11.6 Å². The van der Waals surface area contributed by atoms with Crippen LogP contribution in [0.15, 0.2) is 24.4 Å². The number of aromatic nitrogens is 2. The third-order valence-electron chi connectivity index (χ3n) is 4.11. The molecule has 0 radical (unpaired) electrons. The van der Waals surface area contributed by atoms with Gasteiger partial charge in [0.15, 0.2) is 5.69 Å². The third-order valence-corrected chi connectivity index (χ3v) is 4.11. The molecule has 2 aromatic heterocycles. The van der Waals surface area contributed by atoms with Crippen LogP contribution < -0.4 is 4.74 Å². The second-order valence-electron chi connectivity index (χ2n) is 6.16. The van der Waals surface area contributed by atoms with Crippen LogP contribution in [0.2, 0.25) is 0 Å². The van der Waals surface area contributed by atoms with E-state index in [0.717, 1.165) is 12.8 Å². The molecule has 1 N–H and O–H groups in total. The van der Waals surface area contributed by atoms with Gasteiger partial charge in [-0.2, -0.15) is 4.98 Å². The molecule has 1 saturated carbocycles.